The molecular formula is C26H28O3S. The van der Waals surface area contributed by atoms with Gasteiger partial charge in [-0.25, -0.2) is 0 Å². The zero-order valence-corrected chi connectivity index (χ0v) is 18.1. The fraction of sp³-hybridized carbons (Fsp3) is 0.269. The van der Waals surface area contributed by atoms with Crippen molar-refractivity contribution in [1.82, 2.24) is 0 Å². The minimum Gasteiger partial charge on any atom is -0.458 e. The lowest BCUT2D eigenvalue weighted by Crippen LogP contribution is -2.44. The van der Waals surface area contributed by atoms with Crippen LogP contribution in [-0.4, -0.2) is 29.2 Å². The summed E-state index contributed by atoms with van der Waals surface area (Å²) in [5, 5.41) is 12.0. The number of thioether (sulfide) groups is 1. The van der Waals surface area contributed by atoms with E-state index in [0.717, 1.165) is 28.9 Å². The largest absolute Gasteiger partial charge is 0.458 e. The molecule has 1 atom stereocenters. The maximum atomic E-state index is 12.8. The van der Waals surface area contributed by atoms with Gasteiger partial charge in [0.1, 0.15) is 6.10 Å². The monoisotopic (exact) mass is 420 g/mol. The molecular weight excluding hydrogens is 392 g/mol. The zero-order valence-electron chi connectivity index (χ0n) is 17.2. The molecule has 0 saturated carbocycles. The smallest absolute Gasteiger partial charge is 0.310 e. The third-order valence-corrected chi connectivity index (χ3v) is 5.87. The Hall–Kier alpha value is -2.56. The molecule has 0 aliphatic carbocycles. The Morgan fingerprint density at radius 3 is 1.90 bits per heavy atom. The SMILES string of the molecule is CSCCCC(OC(=O)Cc1ccccc1)C(O)(c1ccccc1)c1ccccc1. The number of ether oxygens (including phenoxy) is 1. The molecule has 3 aromatic rings. The molecule has 0 aromatic heterocycles. The molecule has 0 aliphatic rings. The second-order valence-electron chi connectivity index (χ2n) is 7.27. The first-order valence-corrected chi connectivity index (χ1v) is 11.6. The van der Waals surface area contributed by atoms with Crippen LogP contribution in [0.5, 0.6) is 0 Å². The first kappa shape index (κ1) is 22.1. The van der Waals surface area contributed by atoms with Crippen LogP contribution in [0.1, 0.15) is 29.5 Å². The van der Waals surface area contributed by atoms with Gasteiger partial charge in [0.15, 0.2) is 5.60 Å². The molecule has 0 bridgehead atoms. The molecule has 1 N–H and O–H groups in total. The van der Waals surface area contributed by atoms with E-state index >= 15 is 0 Å². The zero-order chi connectivity index (χ0) is 21.2. The van der Waals surface area contributed by atoms with Crippen LogP contribution >= 0.6 is 11.8 Å². The molecule has 0 saturated heterocycles. The van der Waals surface area contributed by atoms with Crippen molar-refractivity contribution in [3.8, 4) is 0 Å². The molecule has 1 unspecified atom stereocenters. The number of rotatable bonds is 10. The summed E-state index contributed by atoms with van der Waals surface area (Å²) in [5.74, 6) is 0.604. The van der Waals surface area contributed by atoms with Crippen LogP contribution < -0.4 is 0 Å². The van der Waals surface area contributed by atoms with Crippen LogP contribution in [-0.2, 0) is 21.6 Å². The fourth-order valence-electron chi connectivity index (χ4n) is 3.65. The van der Waals surface area contributed by atoms with Gasteiger partial charge in [-0.15, -0.1) is 0 Å². The summed E-state index contributed by atoms with van der Waals surface area (Å²) in [7, 11) is 0. The Labute approximate surface area is 183 Å². The number of esters is 1. The van der Waals surface area contributed by atoms with Crippen LogP contribution in [0, 0.1) is 0 Å². The van der Waals surface area contributed by atoms with Crippen molar-refractivity contribution >= 4 is 17.7 Å². The molecule has 30 heavy (non-hydrogen) atoms. The Balaban J connectivity index is 1.94. The summed E-state index contributed by atoms with van der Waals surface area (Å²) in [4.78, 5) is 12.8. The average Bonchev–Trinajstić information content (AvgIpc) is 2.80. The highest BCUT2D eigenvalue weighted by molar-refractivity contribution is 7.98. The Morgan fingerprint density at radius 2 is 1.40 bits per heavy atom. The van der Waals surface area contributed by atoms with E-state index in [2.05, 4.69) is 6.26 Å². The third-order valence-electron chi connectivity index (χ3n) is 5.17. The molecule has 3 rings (SSSR count). The standard InChI is InChI=1S/C26H28O3S/c1-30-19-11-18-24(29-25(27)20-21-12-5-2-6-13-21)26(28,22-14-7-3-8-15-22)23-16-9-4-10-17-23/h2-10,12-17,24,28H,11,18-20H2,1H3. The number of hydrogen-bond donors (Lipinski definition) is 1. The molecule has 0 radical (unpaired) electrons. The van der Waals surface area contributed by atoms with Crippen molar-refractivity contribution in [2.75, 3.05) is 12.0 Å². The summed E-state index contributed by atoms with van der Waals surface area (Å²) in [6.45, 7) is 0. The van der Waals surface area contributed by atoms with Gasteiger partial charge in [0.05, 0.1) is 6.42 Å². The van der Waals surface area contributed by atoms with Crippen molar-refractivity contribution in [1.29, 1.82) is 0 Å². The molecule has 0 aliphatic heterocycles. The van der Waals surface area contributed by atoms with Gasteiger partial charge in [-0.1, -0.05) is 91.0 Å². The van der Waals surface area contributed by atoms with E-state index in [1.165, 1.54) is 0 Å². The van der Waals surface area contributed by atoms with E-state index < -0.39 is 11.7 Å². The van der Waals surface area contributed by atoms with Gasteiger partial charge in [-0.3, -0.25) is 4.79 Å². The quantitative estimate of drug-likeness (QED) is 0.361. The highest BCUT2D eigenvalue weighted by Gasteiger charge is 2.42. The molecule has 0 amide bonds. The van der Waals surface area contributed by atoms with Crippen molar-refractivity contribution in [2.45, 2.75) is 31.0 Å². The van der Waals surface area contributed by atoms with Crippen molar-refractivity contribution in [3.63, 3.8) is 0 Å². The van der Waals surface area contributed by atoms with Crippen molar-refractivity contribution < 1.29 is 14.6 Å². The average molecular weight is 421 g/mol. The van der Waals surface area contributed by atoms with Crippen LogP contribution in [0.2, 0.25) is 0 Å². The van der Waals surface area contributed by atoms with E-state index in [-0.39, 0.29) is 12.4 Å². The Morgan fingerprint density at radius 1 is 0.900 bits per heavy atom. The maximum absolute atomic E-state index is 12.8. The van der Waals surface area contributed by atoms with E-state index in [1.54, 1.807) is 11.8 Å². The summed E-state index contributed by atoms with van der Waals surface area (Å²) in [6.07, 6.45) is 2.95. The van der Waals surface area contributed by atoms with Gasteiger partial charge >= 0.3 is 5.97 Å². The fourth-order valence-corrected chi connectivity index (χ4v) is 4.11. The normalized spacial score (nSPS) is 12.3. The van der Waals surface area contributed by atoms with Gasteiger partial charge < -0.3 is 9.84 Å². The van der Waals surface area contributed by atoms with Gasteiger partial charge in [0, 0.05) is 0 Å². The topological polar surface area (TPSA) is 46.5 Å². The summed E-state index contributed by atoms with van der Waals surface area (Å²) in [5.41, 5.74) is 0.914. The Bertz CT molecular complexity index is 858. The van der Waals surface area contributed by atoms with Gasteiger partial charge in [-0.2, -0.15) is 11.8 Å². The second kappa shape index (κ2) is 11.0. The Kier molecular flexibility index (Phi) is 8.12. The first-order chi connectivity index (χ1) is 14.6. The summed E-state index contributed by atoms with van der Waals surface area (Å²) >= 11 is 1.75. The molecule has 0 heterocycles. The maximum Gasteiger partial charge on any atom is 0.310 e. The lowest BCUT2D eigenvalue weighted by molar-refractivity contribution is -0.162. The summed E-state index contributed by atoms with van der Waals surface area (Å²) < 4.78 is 5.98. The van der Waals surface area contributed by atoms with Crippen molar-refractivity contribution in [2.24, 2.45) is 0 Å². The first-order valence-electron chi connectivity index (χ1n) is 10.2. The lowest BCUT2D eigenvalue weighted by Gasteiger charge is -2.37. The second-order valence-corrected chi connectivity index (χ2v) is 8.26. The van der Waals surface area contributed by atoms with Gasteiger partial charge in [-0.05, 0) is 41.5 Å². The van der Waals surface area contributed by atoms with Crippen LogP contribution in [0.3, 0.4) is 0 Å². The van der Waals surface area contributed by atoms with E-state index in [9.17, 15) is 9.90 Å². The van der Waals surface area contributed by atoms with Crippen LogP contribution in [0.4, 0.5) is 0 Å². The van der Waals surface area contributed by atoms with Crippen molar-refractivity contribution in [3.05, 3.63) is 108 Å². The van der Waals surface area contributed by atoms with E-state index in [1.807, 2.05) is 91.0 Å². The number of aliphatic hydroxyl groups is 1. The molecule has 3 nitrogen and oxygen atoms in total. The predicted molar refractivity (Wildman–Crippen MR) is 124 cm³/mol. The minimum atomic E-state index is -1.42. The third kappa shape index (κ3) is 5.53. The highest BCUT2D eigenvalue weighted by atomic mass is 32.2. The minimum absolute atomic E-state index is 0.180. The van der Waals surface area contributed by atoms with Crippen LogP contribution in [0.25, 0.3) is 0 Å². The molecule has 156 valence electrons. The molecule has 3 aromatic carbocycles. The predicted octanol–water partition coefficient (Wildman–Crippen LogP) is 5.22. The number of hydrogen-bond acceptors (Lipinski definition) is 4. The molecule has 0 spiro atoms. The summed E-state index contributed by atoms with van der Waals surface area (Å²) in [6, 6.07) is 28.5. The lowest BCUT2D eigenvalue weighted by atomic mass is 9.80. The van der Waals surface area contributed by atoms with Gasteiger partial charge in [0.2, 0.25) is 0 Å². The highest BCUT2D eigenvalue weighted by Crippen LogP contribution is 2.37. The van der Waals surface area contributed by atoms with E-state index in [4.69, 9.17) is 4.74 Å². The number of carbonyl (C=O) groups excluding carboxylic acids is 1. The molecule has 0 fully saturated rings. The molecule has 4 heteroatoms. The van der Waals surface area contributed by atoms with E-state index in [0.29, 0.717) is 6.42 Å². The number of benzene rings is 3. The van der Waals surface area contributed by atoms with Gasteiger partial charge in [0.25, 0.3) is 0 Å². The number of carbonyl (C=O) groups is 1. The van der Waals surface area contributed by atoms with Crippen LogP contribution in [0.15, 0.2) is 91.0 Å².